The molecule has 1 saturated heterocycles. The number of hydrogen-bond donors (Lipinski definition) is 1. The lowest BCUT2D eigenvalue weighted by atomic mass is 9.73. The second-order valence-corrected chi connectivity index (χ2v) is 7.95. The fraction of sp³-hybridized carbons (Fsp3) is 0.391. The first-order chi connectivity index (χ1) is 13.5. The molecular weight excluding hydrogens is 355 g/mol. The van der Waals surface area contributed by atoms with Crippen molar-refractivity contribution in [1.82, 2.24) is 10.2 Å². The summed E-state index contributed by atoms with van der Waals surface area (Å²) in [5.74, 6) is -0.0711. The van der Waals surface area contributed by atoms with Crippen LogP contribution >= 0.6 is 0 Å². The van der Waals surface area contributed by atoms with Crippen LogP contribution in [0.3, 0.4) is 0 Å². The summed E-state index contributed by atoms with van der Waals surface area (Å²) in [6.45, 7) is 1.36. The highest BCUT2D eigenvalue weighted by atomic mass is 19.1. The third kappa shape index (κ3) is 3.30. The van der Waals surface area contributed by atoms with Crippen LogP contribution in [0.15, 0.2) is 48.5 Å². The van der Waals surface area contributed by atoms with Gasteiger partial charge in [0.1, 0.15) is 5.82 Å². The highest BCUT2D eigenvalue weighted by Crippen LogP contribution is 2.52. The molecule has 0 bridgehead atoms. The molecule has 4 nitrogen and oxygen atoms in total. The van der Waals surface area contributed by atoms with Crippen LogP contribution in [-0.4, -0.2) is 36.9 Å². The van der Waals surface area contributed by atoms with Gasteiger partial charge in [-0.25, -0.2) is 4.39 Å². The van der Waals surface area contributed by atoms with Crippen molar-refractivity contribution in [3.8, 4) is 0 Å². The molecule has 1 aliphatic carbocycles. The van der Waals surface area contributed by atoms with Crippen LogP contribution in [0.1, 0.15) is 53.1 Å². The van der Waals surface area contributed by atoms with Gasteiger partial charge in [0.2, 0.25) is 5.91 Å². The molecule has 28 heavy (non-hydrogen) atoms. The summed E-state index contributed by atoms with van der Waals surface area (Å²) in [6.07, 6.45) is 3.24. The SMILES string of the molecule is CNC(=O)CC1CC2(CCN(C(=O)c3ccc(F)cc3)CC2)c2ccccc21. The molecule has 2 aromatic carbocycles. The molecular formula is C23H25FN2O2. The summed E-state index contributed by atoms with van der Waals surface area (Å²) >= 11 is 0. The summed E-state index contributed by atoms with van der Waals surface area (Å²) in [7, 11) is 1.68. The maximum absolute atomic E-state index is 13.1. The van der Waals surface area contributed by atoms with E-state index in [1.165, 1.54) is 23.3 Å². The minimum Gasteiger partial charge on any atom is -0.359 e. The summed E-state index contributed by atoms with van der Waals surface area (Å²) in [5.41, 5.74) is 3.19. The Labute approximate surface area is 164 Å². The predicted molar refractivity (Wildman–Crippen MR) is 106 cm³/mol. The van der Waals surface area contributed by atoms with Gasteiger partial charge in [-0.15, -0.1) is 0 Å². The lowest BCUT2D eigenvalue weighted by molar-refractivity contribution is -0.121. The number of carbonyl (C=O) groups excluding carboxylic acids is 2. The third-order valence-corrected chi connectivity index (χ3v) is 6.42. The first-order valence-electron chi connectivity index (χ1n) is 9.87. The van der Waals surface area contributed by atoms with Gasteiger partial charge in [-0.3, -0.25) is 9.59 Å². The zero-order valence-electron chi connectivity index (χ0n) is 16.1. The van der Waals surface area contributed by atoms with Crippen LogP contribution in [0.4, 0.5) is 4.39 Å². The number of fused-ring (bicyclic) bond motifs is 2. The summed E-state index contributed by atoms with van der Waals surface area (Å²) in [4.78, 5) is 26.6. The van der Waals surface area contributed by atoms with Crippen LogP contribution in [0.2, 0.25) is 0 Å². The molecule has 0 saturated carbocycles. The van der Waals surface area contributed by atoms with E-state index in [1.54, 1.807) is 19.2 Å². The second kappa shape index (κ2) is 7.38. The van der Waals surface area contributed by atoms with Crippen molar-refractivity contribution in [3.05, 3.63) is 71.0 Å². The predicted octanol–water partition coefficient (Wildman–Crippen LogP) is 3.62. The van der Waals surface area contributed by atoms with E-state index in [9.17, 15) is 14.0 Å². The molecule has 5 heteroatoms. The zero-order valence-corrected chi connectivity index (χ0v) is 16.1. The Morgan fingerprint density at radius 2 is 1.79 bits per heavy atom. The minimum atomic E-state index is -0.334. The number of rotatable bonds is 3. The lowest BCUT2D eigenvalue weighted by Gasteiger charge is -2.40. The number of piperidine rings is 1. The first-order valence-corrected chi connectivity index (χ1v) is 9.87. The number of carbonyl (C=O) groups is 2. The molecule has 146 valence electrons. The van der Waals surface area contributed by atoms with Crippen molar-refractivity contribution in [2.45, 2.75) is 37.0 Å². The number of hydrogen-bond acceptors (Lipinski definition) is 2. The standard InChI is InChI=1S/C23H25FN2O2/c1-25-21(27)14-17-15-23(20-5-3-2-4-19(17)20)10-12-26(13-11-23)22(28)16-6-8-18(24)9-7-16/h2-9,17H,10-15H2,1H3,(H,25,27). The second-order valence-electron chi connectivity index (χ2n) is 7.95. The smallest absolute Gasteiger partial charge is 0.253 e. The molecule has 2 amide bonds. The highest BCUT2D eigenvalue weighted by molar-refractivity contribution is 5.94. The number of amides is 2. The maximum atomic E-state index is 13.1. The van der Waals surface area contributed by atoms with Crippen molar-refractivity contribution >= 4 is 11.8 Å². The molecule has 1 unspecified atom stereocenters. The average Bonchev–Trinajstić information content (AvgIpc) is 3.02. The van der Waals surface area contributed by atoms with Crippen LogP contribution in [0.5, 0.6) is 0 Å². The van der Waals surface area contributed by atoms with Gasteiger partial charge in [0.15, 0.2) is 0 Å². The third-order valence-electron chi connectivity index (χ3n) is 6.42. The van der Waals surface area contributed by atoms with E-state index < -0.39 is 0 Å². The van der Waals surface area contributed by atoms with Gasteiger partial charge in [-0.2, -0.15) is 0 Å². The van der Waals surface area contributed by atoms with Gasteiger partial charge in [-0.05, 0) is 66.0 Å². The Kier molecular flexibility index (Phi) is 4.92. The number of halogens is 1. The van der Waals surface area contributed by atoms with Gasteiger partial charge in [0.25, 0.3) is 5.91 Å². The Balaban J connectivity index is 1.51. The fourth-order valence-corrected chi connectivity index (χ4v) is 4.92. The maximum Gasteiger partial charge on any atom is 0.253 e. The lowest BCUT2D eigenvalue weighted by Crippen LogP contribution is -2.44. The number of nitrogens with zero attached hydrogens (tertiary/aromatic N) is 1. The van der Waals surface area contributed by atoms with Gasteiger partial charge < -0.3 is 10.2 Å². The van der Waals surface area contributed by atoms with Gasteiger partial charge in [-0.1, -0.05) is 24.3 Å². The van der Waals surface area contributed by atoms with E-state index in [4.69, 9.17) is 0 Å². The Morgan fingerprint density at radius 1 is 1.11 bits per heavy atom. The minimum absolute atomic E-state index is 0.0366. The summed E-state index contributed by atoms with van der Waals surface area (Å²) in [5, 5.41) is 2.74. The van der Waals surface area contributed by atoms with E-state index in [0.29, 0.717) is 25.1 Å². The topological polar surface area (TPSA) is 49.4 Å². The number of nitrogens with one attached hydrogen (secondary N) is 1. The van der Waals surface area contributed by atoms with Gasteiger partial charge in [0.05, 0.1) is 0 Å². The first kappa shape index (κ1) is 18.7. The fourth-order valence-electron chi connectivity index (χ4n) is 4.92. The van der Waals surface area contributed by atoms with E-state index >= 15 is 0 Å². The van der Waals surface area contributed by atoms with Crippen molar-refractivity contribution < 1.29 is 14.0 Å². The molecule has 4 rings (SSSR count). The molecule has 1 heterocycles. The molecule has 1 aliphatic heterocycles. The van der Waals surface area contributed by atoms with Crippen LogP contribution in [0.25, 0.3) is 0 Å². The average molecular weight is 380 g/mol. The van der Waals surface area contributed by atoms with Crippen molar-refractivity contribution in [2.24, 2.45) is 0 Å². The van der Waals surface area contributed by atoms with Crippen LogP contribution in [-0.2, 0) is 10.2 Å². The van der Waals surface area contributed by atoms with Crippen molar-refractivity contribution in [2.75, 3.05) is 20.1 Å². The Morgan fingerprint density at radius 3 is 2.46 bits per heavy atom. The molecule has 2 aliphatic rings. The molecule has 1 atom stereocenters. The van der Waals surface area contributed by atoms with E-state index in [2.05, 4.69) is 23.5 Å². The summed E-state index contributed by atoms with van der Waals surface area (Å²) < 4.78 is 13.1. The van der Waals surface area contributed by atoms with Crippen LogP contribution in [0, 0.1) is 5.82 Å². The molecule has 1 spiro atoms. The quantitative estimate of drug-likeness (QED) is 0.884. The number of benzene rings is 2. The van der Waals surface area contributed by atoms with E-state index in [0.717, 1.165) is 19.3 Å². The number of likely N-dealkylation sites (tertiary alicyclic amines) is 1. The highest BCUT2D eigenvalue weighted by Gasteiger charge is 2.46. The zero-order chi connectivity index (χ0) is 19.7. The van der Waals surface area contributed by atoms with E-state index in [1.807, 2.05) is 11.0 Å². The molecule has 0 radical (unpaired) electrons. The summed E-state index contributed by atoms with van der Waals surface area (Å²) in [6, 6.07) is 14.2. The molecule has 1 N–H and O–H groups in total. The van der Waals surface area contributed by atoms with Gasteiger partial charge >= 0.3 is 0 Å². The van der Waals surface area contributed by atoms with E-state index in [-0.39, 0.29) is 29.0 Å². The van der Waals surface area contributed by atoms with Crippen molar-refractivity contribution in [1.29, 1.82) is 0 Å². The monoisotopic (exact) mass is 380 g/mol. The molecule has 1 fully saturated rings. The molecule has 0 aromatic heterocycles. The normalized spacial score (nSPS) is 20.1. The van der Waals surface area contributed by atoms with Crippen molar-refractivity contribution in [3.63, 3.8) is 0 Å². The Hall–Kier alpha value is -2.69. The molecule has 2 aromatic rings. The van der Waals surface area contributed by atoms with Gasteiger partial charge in [0, 0.05) is 32.1 Å². The largest absolute Gasteiger partial charge is 0.359 e. The Bertz CT molecular complexity index is 886. The van der Waals surface area contributed by atoms with Crippen LogP contribution < -0.4 is 5.32 Å².